The second-order valence-electron chi connectivity index (χ2n) is 9.54. The van der Waals surface area contributed by atoms with E-state index in [9.17, 15) is 13.6 Å². The zero-order valence-electron chi connectivity index (χ0n) is 21.7. The molecule has 0 aliphatic carbocycles. The van der Waals surface area contributed by atoms with Crippen LogP contribution in [0.15, 0.2) is 53.6 Å². The summed E-state index contributed by atoms with van der Waals surface area (Å²) in [6.07, 6.45) is 5.64. The minimum atomic E-state index is -0.765. The van der Waals surface area contributed by atoms with E-state index >= 15 is 0 Å². The van der Waals surface area contributed by atoms with E-state index in [2.05, 4.69) is 50.6 Å². The van der Waals surface area contributed by atoms with Gasteiger partial charge in [-0.2, -0.15) is 9.97 Å². The Kier molecular flexibility index (Phi) is 7.72. The summed E-state index contributed by atoms with van der Waals surface area (Å²) in [7, 11) is 3.68. The highest BCUT2D eigenvalue weighted by Crippen LogP contribution is 2.28. The number of hydrogen-bond donors (Lipinski definition) is 1. The molecule has 198 valence electrons. The van der Waals surface area contributed by atoms with Gasteiger partial charge in [0.2, 0.25) is 0 Å². The molecule has 1 aromatic carbocycles. The van der Waals surface area contributed by atoms with Gasteiger partial charge >= 0.3 is 6.01 Å². The maximum absolute atomic E-state index is 14.7. The van der Waals surface area contributed by atoms with Gasteiger partial charge in [0.25, 0.3) is 5.56 Å². The van der Waals surface area contributed by atoms with Gasteiger partial charge in [-0.1, -0.05) is 12.0 Å². The summed E-state index contributed by atoms with van der Waals surface area (Å²) in [5.41, 5.74) is 1.17. The van der Waals surface area contributed by atoms with Crippen LogP contribution in [-0.2, 0) is 7.05 Å². The lowest BCUT2D eigenvalue weighted by Crippen LogP contribution is -2.30. The number of aromatic amines is 1. The van der Waals surface area contributed by atoms with Crippen LogP contribution in [0.5, 0.6) is 6.01 Å². The lowest BCUT2D eigenvalue weighted by molar-refractivity contribution is 0.188. The average molecular weight is 528 g/mol. The van der Waals surface area contributed by atoms with Gasteiger partial charge in [0.1, 0.15) is 29.6 Å². The molecule has 0 radical (unpaired) electrons. The molecule has 4 aromatic rings. The minimum Gasteiger partial charge on any atom is -0.462 e. The number of rotatable bonds is 6. The van der Waals surface area contributed by atoms with Crippen molar-refractivity contribution in [1.29, 1.82) is 0 Å². The molecule has 1 aliphatic rings. The van der Waals surface area contributed by atoms with Gasteiger partial charge in [-0.25, -0.2) is 8.78 Å². The fraction of sp³-hybridized carbons (Fsp3) is 0.300. The summed E-state index contributed by atoms with van der Waals surface area (Å²) in [5.74, 6) is 9.49. The van der Waals surface area contributed by atoms with Gasteiger partial charge < -0.3 is 19.2 Å². The third-order valence-electron chi connectivity index (χ3n) is 6.97. The number of nitrogens with one attached hydrogen (secondary N) is 1. The fourth-order valence-electron chi connectivity index (χ4n) is 4.78. The van der Waals surface area contributed by atoms with Crippen LogP contribution in [0.3, 0.4) is 0 Å². The summed E-state index contributed by atoms with van der Waals surface area (Å²) in [6.45, 7) is 1.54. The first-order valence-electron chi connectivity index (χ1n) is 12.7. The molecule has 4 heterocycles. The first kappa shape index (κ1) is 26.1. The molecule has 9 heteroatoms. The topological polar surface area (TPSA) is 76.0 Å². The van der Waals surface area contributed by atoms with Crippen LogP contribution < -0.4 is 10.3 Å². The number of ether oxygens (including phenoxy) is 1. The predicted octanol–water partition coefficient (Wildman–Crippen LogP) is 3.98. The van der Waals surface area contributed by atoms with Gasteiger partial charge in [0.05, 0.1) is 5.39 Å². The molecule has 1 fully saturated rings. The van der Waals surface area contributed by atoms with Gasteiger partial charge in [-0.15, -0.1) is 0 Å². The van der Waals surface area contributed by atoms with Gasteiger partial charge in [0, 0.05) is 43.4 Å². The van der Waals surface area contributed by atoms with Crippen LogP contribution in [0.1, 0.15) is 42.0 Å². The van der Waals surface area contributed by atoms with E-state index in [0.29, 0.717) is 29.6 Å². The monoisotopic (exact) mass is 527 g/mol. The Balaban J connectivity index is 1.40. The molecule has 3 aromatic heterocycles. The first-order valence-corrected chi connectivity index (χ1v) is 12.7. The van der Waals surface area contributed by atoms with Crippen molar-refractivity contribution in [3.05, 3.63) is 87.6 Å². The van der Waals surface area contributed by atoms with E-state index in [1.54, 1.807) is 31.6 Å². The Labute approximate surface area is 224 Å². The van der Waals surface area contributed by atoms with Crippen molar-refractivity contribution in [1.82, 2.24) is 24.4 Å². The average Bonchev–Trinajstić information content (AvgIpc) is 3.57. The highest BCUT2D eigenvalue weighted by molar-refractivity contribution is 5.81. The number of halogens is 2. The third-order valence-corrected chi connectivity index (χ3v) is 6.97. The maximum Gasteiger partial charge on any atom is 0.319 e. The van der Waals surface area contributed by atoms with E-state index < -0.39 is 17.6 Å². The Morgan fingerprint density at radius 3 is 2.85 bits per heavy atom. The lowest BCUT2D eigenvalue weighted by Gasteiger charge is -2.18. The van der Waals surface area contributed by atoms with Crippen molar-refractivity contribution in [2.24, 2.45) is 7.05 Å². The minimum absolute atomic E-state index is 0.0695. The second-order valence-corrected chi connectivity index (χ2v) is 9.54. The van der Waals surface area contributed by atoms with Crippen LogP contribution in [0.25, 0.3) is 11.0 Å². The molecule has 1 saturated heterocycles. The number of pyridine rings is 1. The van der Waals surface area contributed by atoms with Gasteiger partial charge in [-0.05, 0) is 80.1 Å². The summed E-state index contributed by atoms with van der Waals surface area (Å²) >= 11 is 0. The number of benzene rings is 1. The molecule has 0 amide bonds. The number of nitrogens with zero attached hydrogens (tertiary/aromatic N) is 4. The van der Waals surface area contributed by atoms with Crippen molar-refractivity contribution in [3.8, 4) is 29.7 Å². The number of likely N-dealkylation sites (N-methyl/N-ethyl adjacent to an activating group) is 1. The normalized spacial score (nSPS) is 15.8. The molecule has 1 aliphatic heterocycles. The zero-order chi connectivity index (χ0) is 27.4. The number of aryl methyl sites for hydroxylation is 1. The molecule has 0 spiro atoms. The molecule has 5 rings (SSSR count). The van der Waals surface area contributed by atoms with Crippen LogP contribution in [0.2, 0.25) is 0 Å². The SMILES string of the molecule is CN1CCC[C@@H]1COc1nc(C#CC#CCC(c2cc(F)ccc2F)c2cccn(C)c2=O)c2cc[nH]c2n1. The van der Waals surface area contributed by atoms with E-state index in [1.165, 1.54) is 4.57 Å². The first-order chi connectivity index (χ1) is 18.9. The Morgan fingerprint density at radius 1 is 1.15 bits per heavy atom. The van der Waals surface area contributed by atoms with E-state index in [-0.39, 0.29) is 23.6 Å². The van der Waals surface area contributed by atoms with Crippen LogP contribution in [0, 0.1) is 35.3 Å². The zero-order valence-corrected chi connectivity index (χ0v) is 21.7. The largest absolute Gasteiger partial charge is 0.462 e. The number of hydrogen-bond acceptors (Lipinski definition) is 5. The van der Waals surface area contributed by atoms with Crippen molar-refractivity contribution >= 4 is 11.0 Å². The van der Waals surface area contributed by atoms with E-state index in [4.69, 9.17) is 4.74 Å². The lowest BCUT2D eigenvalue weighted by atomic mass is 9.89. The summed E-state index contributed by atoms with van der Waals surface area (Å²) in [5, 5.41) is 0.738. The van der Waals surface area contributed by atoms with Crippen molar-refractivity contribution in [2.45, 2.75) is 31.2 Å². The molecule has 0 saturated carbocycles. The molecular formula is C30H27F2N5O2. The van der Waals surface area contributed by atoms with E-state index in [0.717, 1.165) is 43.0 Å². The third kappa shape index (κ3) is 5.84. The van der Waals surface area contributed by atoms with Gasteiger partial charge in [-0.3, -0.25) is 4.79 Å². The van der Waals surface area contributed by atoms with Crippen molar-refractivity contribution < 1.29 is 13.5 Å². The van der Waals surface area contributed by atoms with Gasteiger partial charge in [0.15, 0.2) is 0 Å². The number of aromatic nitrogens is 4. The molecule has 7 nitrogen and oxygen atoms in total. The number of fused-ring (bicyclic) bond motifs is 1. The number of likely N-dealkylation sites (tertiary alicyclic amines) is 1. The summed E-state index contributed by atoms with van der Waals surface area (Å²) in [4.78, 5) is 27.0. The molecule has 0 bridgehead atoms. The van der Waals surface area contributed by atoms with Crippen LogP contribution >= 0.6 is 0 Å². The smallest absolute Gasteiger partial charge is 0.319 e. The molecule has 1 N–H and O–H groups in total. The molecular weight excluding hydrogens is 500 g/mol. The van der Waals surface area contributed by atoms with Crippen molar-refractivity contribution in [3.63, 3.8) is 0 Å². The summed E-state index contributed by atoms with van der Waals surface area (Å²) < 4.78 is 36.0. The van der Waals surface area contributed by atoms with E-state index in [1.807, 2.05) is 6.07 Å². The fourth-order valence-corrected chi connectivity index (χ4v) is 4.78. The second kappa shape index (κ2) is 11.5. The highest BCUT2D eigenvalue weighted by Gasteiger charge is 2.23. The Morgan fingerprint density at radius 2 is 2.03 bits per heavy atom. The van der Waals surface area contributed by atoms with Crippen molar-refractivity contribution in [2.75, 3.05) is 20.2 Å². The standard InChI is InChI=1S/C30H27F2N5O2/c1-36-16-6-8-21(36)19-39-30-34-27(24-14-15-33-28(24)35-30)11-5-3-4-9-22(23-10-7-17-37(2)29(23)38)25-18-20(31)12-13-26(25)32/h7,10,12-15,17-18,21-22H,6,8-9,16,19H2,1-2H3,(H,33,34,35)/t21-,22?/m1/s1. The quantitative estimate of drug-likeness (QED) is 0.384. The number of H-pyrrole nitrogens is 1. The Bertz CT molecular complexity index is 1690. The van der Waals surface area contributed by atoms with Crippen LogP contribution in [0.4, 0.5) is 8.78 Å². The summed E-state index contributed by atoms with van der Waals surface area (Å²) in [6, 6.07) is 8.90. The highest BCUT2D eigenvalue weighted by atomic mass is 19.1. The predicted molar refractivity (Wildman–Crippen MR) is 144 cm³/mol. The molecule has 1 unspecified atom stereocenters. The molecule has 2 atom stereocenters. The van der Waals surface area contributed by atoms with Crippen LogP contribution in [-0.4, -0.2) is 50.7 Å². The molecule has 39 heavy (non-hydrogen) atoms. The maximum atomic E-state index is 14.7. The Hall–Kier alpha value is -4.47.